The van der Waals surface area contributed by atoms with Gasteiger partial charge in [0.1, 0.15) is 34.7 Å². The zero-order valence-corrected chi connectivity index (χ0v) is 93.1. The van der Waals surface area contributed by atoms with Crippen molar-refractivity contribution in [2.75, 3.05) is 0 Å². The van der Waals surface area contributed by atoms with Crippen LogP contribution >= 0.6 is 0 Å². The minimum atomic E-state index is -0.163. The first kappa shape index (κ1) is 106. The van der Waals surface area contributed by atoms with Crippen LogP contribution in [0.1, 0.15) is 184 Å². The summed E-state index contributed by atoms with van der Waals surface area (Å²) in [5.41, 5.74) is 34.0. The minimum absolute atomic E-state index is 0. The molecule has 0 aliphatic rings. The summed E-state index contributed by atoms with van der Waals surface area (Å²) in [7, 11) is 0. The number of hydrogen-bond acceptors (Lipinski definition) is 9. The van der Waals surface area contributed by atoms with E-state index in [1.165, 1.54) is 38.9 Å². The van der Waals surface area contributed by atoms with Gasteiger partial charge in [-0.15, -0.1) is 76.9 Å². The normalized spacial score (nSPS) is 12.0. The second-order valence-electron chi connectivity index (χ2n) is 44.4. The molecule has 12 nitrogen and oxygen atoms in total. The van der Waals surface area contributed by atoms with Gasteiger partial charge in [-0.05, 0) is 192 Å². The number of rotatable bonds is 14. The molecule has 0 atom stereocenters. The first-order valence-corrected chi connectivity index (χ1v) is 49.0. The number of imidazole rings is 3. The van der Waals surface area contributed by atoms with Gasteiger partial charge in [0, 0.05) is 116 Å². The first-order valence-electron chi connectivity index (χ1n) is 49.0. The van der Waals surface area contributed by atoms with E-state index in [0.717, 1.165) is 140 Å². The number of aromatic nitrogens is 9. The van der Waals surface area contributed by atoms with Crippen LogP contribution in [0.3, 0.4) is 0 Å². The number of phenols is 3. The van der Waals surface area contributed by atoms with E-state index in [1.54, 1.807) is 18.2 Å². The van der Waals surface area contributed by atoms with Crippen molar-refractivity contribution >= 4 is 33.1 Å². The van der Waals surface area contributed by atoms with Gasteiger partial charge in [0.05, 0.1) is 49.8 Å². The molecule has 0 aliphatic carbocycles. The number of fused-ring (bicyclic) bond motifs is 3. The molecule has 0 bridgehead atoms. The molecule has 14 aromatic carbocycles. The molecule has 6 aromatic heterocycles. The summed E-state index contributed by atoms with van der Waals surface area (Å²) in [5, 5.41) is 33.3. The van der Waals surface area contributed by atoms with E-state index in [1.807, 2.05) is 140 Å². The van der Waals surface area contributed by atoms with Gasteiger partial charge in [0.25, 0.3) is 0 Å². The van der Waals surface area contributed by atoms with E-state index in [-0.39, 0.29) is 118 Å². The molecule has 740 valence electrons. The van der Waals surface area contributed by atoms with Crippen molar-refractivity contribution in [3.63, 3.8) is 0 Å². The fourth-order valence-electron chi connectivity index (χ4n) is 18.2. The molecule has 145 heavy (non-hydrogen) atoms. The molecule has 0 unspecified atom stereocenters. The molecule has 0 aliphatic heterocycles. The summed E-state index contributed by atoms with van der Waals surface area (Å²) >= 11 is 0. The fraction of sp³-hybridized carbons (Fsp3) is 0.215. The first-order chi connectivity index (χ1) is 67.5. The van der Waals surface area contributed by atoms with Gasteiger partial charge in [0.15, 0.2) is 0 Å². The number of aromatic hydroxyl groups is 3. The van der Waals surface area contributed by atoms with Gasteiger partial charge in [-0.25, -0.2) is 15.0 Å². The Morgan fingerprint density at radius 2 is 0.503 bits per heavy atom. The van der Waals surface area contributed by atoms with Crippen LogP contribution in [-0.4, -0.2) is 58.9 Å². The Kier molecular flexibility index (Phi) is 30.8. The van der Waals surface area contributed by atoms with Crippen molar-refractivity contribution in [1.29, 1.82) is 0 Å². The number of phenolic OH excluding ortho intramolecular Hbond substituents is 3. The third-order valence-electron chi connectivity index (χ3n) is 26.6. The molecular formula is C130H124N9O3Pt3-3. The fourth-order valence-corrected chi connectivity index (χ4v) is 18.2. The third-order valence-corrected chi connectivity index (χ3v) is 26.6. The quantitative estimate of drug-likeness (QED) is 0.0903. The Hall–Kier alpha value is -13.6. The SMILES string of the molecule is CC(C)(C)c1cc(-c2[c-]c(-c3ccccn3)cc(-c3ccccc3)c2)c2nc(-c3ccccc3O)n(-c3ccccc3)c2c1.CC(C)(C)c1cc(-c2cc(C(C)(C)C)ccn2)[c-]c(-c2cc(C(C)(C)C)cc3c2nc(-c2ccccc2O)n3-c2cc(C(C)(C)C)cc(C(C)(C)C)c2)c1.CC(C)(C)c1ccnc(-c2[c-]c(-c3cccc4c3nc(-c3ccccc3O)n4-c3ccccc3)cc(-c3ccccc3)c2)c1.[Pt].[Pt].[Pt]. The van der Waals surface area contributed by atoms with Crippen molar-refractivity contribution in [2.45, 2.75) is 183 Å². The van der Waals surface area contributed by atoms with Crippen LogP contribution < -0.4 is 0 Å². The van der Waals surface area contributed by atoms with Crippen LogP contribution in [0.15, 0.2) is 352 Å². The molecule has 0 amide bonds. The van der Waals surface area contributed by atoms with Gasteiger partial charge < -0.3 is 15.3 Å². The Morgan fingerprint density at radius 3 is 0.890 bits per heavy atom. The van der Waals surface area contributed by atoms with Crippen LogP contribution in [0.4, 0.5) is 0 Å². The maximum atomic E-state index is 11.4. The molecule has 20 rings (SSSR count). The number of pyridine rings is 3. The van der Waals surface area contributed by atoms with Crippen molar-refractivity contribution in [1.82, 2.24) is 43.6 Å². The van der Waals surface area contributed by atoms with Crippen molar-refractivity contribution < 1.29 is 78.5 Å². The second-order valence-corrected chi connectivity index (χ2v) is 44.4. The standard InChI is InChI=1S/C50H60N3O.2C40H32N3O.3Pt/c1-46(2,3)33-20-21-51-41(29-33)32-22-31(23-34(24-32)47(4,5)6)40-28-37(50(13,14)15)30-42-44(40)52-45(39-18-16-17-19-43(39)54)53(42)38-26-35(48(7,8)9)25-36(27-38)49(10,11)12;1-40(2,3)31-25-34(29-22-28(27-14-6-4-7-15-27)23-30(24-29)35-19-12-13-21-41-35)38-36(26-31)43(32-16-8-5-9-17-32)39(42-38)33-18-10-11-20-37(33)44;1-40(2,3)31-21-22-41-35(26-31)30-24-28(27-13-6-4-7-14-27)23-29(25-30)33-18-12-19-36-38(33)42-39(34-17-10-11-20-37(34)44)43(36)32-15-8-5-9-16-32;;;/h16-21,23-30,54H,1-15H3;4-23,25-26,44H,1-3H3;4-24,26,44H,1-3H3;;;/q3*-1;;;. The maximum absolute atomic E-state index is 11.4. The molecule has 0 saturated heterocycles. The predicted molar refractivity (Wildman–Crippen MR) is 589 cm³/mol. The summed E-state index contributed by atoms with van der Waals surface area (Å²) in [5.74, 6) is 2.63. The topological polar surface area (TPSA) is 153 Å². The van der Waals surface area contributed by atoms with E-state index in [4.69, 9.17) is 24.9 Å². The summed E-state index contributed by atoms with van der Waals surface area (Å²) in [6.45, 7) is 47.3. The molecule has 6 heterocycles. The van der Waals surface area contributed by atoms with Gasteiger partial charge in [-0.1, -0.05) is 378 Å². The largest absolute Gasteiger partial charge is 0.507 e. The van der Waals surface area contributed by atoms with E-state index < -0.39 is 0 Å². The number of benzene rings is 14. The van der Waals surface area contributed by atoms with Crippen molar-refractivity contribution in [3.05, 3.63) is 409 Å². The van der Waals surface area contributed by atoms with Gasteiger partial charge in [0.2, 0.25) is 0 Å². The molecule has 20 aromatic rings. The van der Waals surface area contributed by atoms with E-state index in [9.17, 15) is 15.3 Å². The molecule has 15 heteroatoms. The Labute approximate surface area is 898 Å². The minimum Gasteiger partial charge on any atom is -0.507 e. The second kappa shape index (κ2) is 42.2. The Morgan fingerprint density at radius 1 is 0.207 bits per heavy atom. The average molecular weight is 2450 g/mol. The van der Waals surface area contributed by atoms with E-state index in [2.05, 4.69) is 376 Å². The molecule has 3 N–H and O–H groups in total. The molecule has 0 radical (unpaired) electrons. The molecule has 0 spiro atoms. The van der Waals surface area contributed by atoms with Crippen LogP contribution in [0.5, 0.6) is 17.2 Å². The summed E-state index contributed by atoms with van der Waals surface area (Å²) < 4.78 is 6.55. The zero-order chi connectivity index (χ0) is 100. The van der Waals surface area contributed by atoms with Crippen LogP contribution in [-0.2, 0) is 101 Å². The van der Waals surface area contributed by atoms with Crippen molar-refractivity contribution in [2.24, 2.45) is 0 Å². The third kappa shape index (κ3) is 22.8. The summed E-state index contributed by atoms with van der Waals surface area (Å²) in [6.07, 6.45) is 5.62. The van der Waals surface area contributed by atoms with Gasteiger partial charge in [-0.2, -0.15) is 0 Å². The van der Waals surface area contributed by atoms with Crippen molar-refractivity contribution in [3.8, 4) is 158 Å². The number of hydrogen-bond donors (Lipinski definition) is 3. The Balaban J connectivity index is 0.000000163. The van der Waals surface area contributed by atoms with Crippen LogP contribution in [0, 0.1) is 18.2 Å². The Bertz CT molecular complexity index is 7940. The summed E-state index contributed by atoms with van der Waals surface area (Å²) in [4.78, 5) is 30.4. The average Bonchev–Trinajstić information content (AvgIpc) is 1.60. The van der Waals surface area contributed by atoms with Crippen LogP contribution in [0.25, 0.3) is 174 Å². The van der Waals surface area contributed by atoms with E-state index >= 15 is 0 Å². The maximum Gasteiger partial charge on any atom is 0.148 e. The monoisotopic (exact) mass is 2440 g/mol. The molecular weight excluding hydrogens is 2320 g/mol. The smallest absolute Gasteiger partial charge is 0.148 e. The zero-order valence-electron chi connectivity index (χ0n) is 86.3. The van der Waals surface area contributed by atoms with E-state index in [0.29, 0.717) is 34.2 Å². The molecule has 0 saturated carbocycles. The number of nitrogens with zero attached hydrogens (tertiary/aromatic N) is 9. The molecule has 0 fully saturated rings. The summed E-state index contributed by atoms with van der Waals surface area (Å²) in [6, 6.07) is 125. The predicted octanol–water partition coefficient (Wildman–Crippen LogP) is 33.2. The van der Waals surface area contributed by atoms with Gasteiger partial charge in [-0.3, -0.25) is 28.7 Å². The van der Waals surface area contributed by atoms with Crippen LogP contribution in [0.2, 0.25) is 0 Å². The van der Waals surface area contributed by atoms with Gasteiger partial charge >= 0.3 is 0 Å². The number of para-hydroxylation sites is 6.